The van der Waals surface area contributed by atoms with Crippen LogP contribution in [-0.2, 0) is 14.6 Å². The van der Waals surface area contributed by atoms with E-state index in [2.05, 4.69) is 28.2 Å². The fraction of sp³-hybridized carbons (Fsp3) is 0.350. The lowest BCUT2D eigenvalue weighted by molar-refractivity contribution is 0.0601. The summed E-state index contributed by atoms with van der Waals surface area (Å²) in [5.74, 6) is -0.259. The quantitative estimate of drug-likeness (QED) is 0.427. The molecule has 0 saturated heterocycles. The van der Waals surface area contributed by atoms with Crippen molar-refractivity contribution in [3.8, 4) is 5.75 Å². The Balaban J connectivity index is 2.16. The van der Waals surface area contributed by atoms with Gasteiger partial charge in [-0.05, 0) is 55.3 Å². The zero-order valence-electron chi connectivity index (χ0n) is 16.1. The molecule has 0 aliphatic heterocycles. The van der Waals surface area contributed by atoms with Crippen LogP contribution in [-0.4, -0.2) is 34.0 Å². The van der Waals surface area contributed by atoms with Crippen molar-refractivity contribution in [3.63, 3.8) is 0 Å². The van der Waals surface area contributed by atoms with Crippen LogP contribution in [0.2, 0.25) is 0 Å². The summed E-state index contributed by atoms with van der Waals surface area (Å²) in [6, 6.07) is 9.72. The van der Waals surface area contributed by atoms with Gasteiger partial charge in [0, 0.05) is 4.47 Å². The number of carbonyl (C=O) groups excluding carboxylic acids is 1. The number of benzene rings is 2. The zero-order valence-corrected chi connectivity index (χ0v) is 18.5. The normalized spacial score (nSPS) is 11.1. The summed E-state index contributed by atoms with van der Waals surface area (Å²) in [7, 11) is -2.33. The number of nitrogens with one attached hydrogen (secondary N) is 1. The molecule has 2 aromatic rings. The average Bonchev–Trinajstić information content (AvgIpc) is 2.66. The summed E-state index contributed by atoms with van der Waals surface area (Å²) >= 11 is 3.34. The molecule has 0 bridgehead atoms. The predicted octanol–water partition coefficient (Wildman–Crippen LogP) is 4.57. The van der Waals surface area contributed by atoms with Crippen LogP contribution in [0.5, 0.6) is 5.75 Å². The predicted molar refractivity (Wildman–Crippen MR) is 113 cm³/mol. The molecule has 0 fully saturated rings. The highest BCUT2D eigenvalue weighted by Gasteiger charge is 2.19. The standard InChI is InChI=1S/C20H24BrNO5S/c1-4-5-10-27-16-6-8-17(9-7-16)28(24,25)13-22-19-14(2)11-15(21)12-18(19)20(23)26-3/h6-9,11-12,22H,4-5,10,13H2,1-3H3. The molecule has 152 valence electrons. The number of aryl methyl sites for hydroxylation is 1. The molecule has 2 rings (SSSR count). The number of methoxy groups -OCH3 is 1. The van der Waals surface area contributed by atoms with Gasteiger partial charge in [0.15, 0.2) is 9.84 Å². The maximum atomic E-state index is 12.7. The summed E-state index contributed by atoms with van der Waals surface area (Å²) in [4.78, 5) is 12.2. The molecule has 0 spiro atoms. The summed E-state index contributed by atoms with van der Waals surface area (Å²) in [5, 5.41) is 2.88. The van der Waals surface area contributed by atoms with Gasteiger partial charge >= 0.3 is 5.97 Å². The third kappa shape index (κ3) is 5.72. The van der Waals surface area contributed by atoms with Gasteiger partial charge in [-0.1, -0.05) is 29.3 Å². The molecule has 0 saturated carbocycles. The lowest BCUT2D eigenvalue weighted by Gasteiger charge is -2.15. The SMILES string of the molecule is CCCCOc1ccc(S(=O)(=O)CNc2c(C)cc(Br)cc2C(=O)OC)cc1. The van der Waals surface area contributed by atoms with Gasteiger partial charge in [0.2, 0.25) is 0 Å². The fourth-order valence-corrected chi connectivity index (χ4v) is 4.20. The molecule has 0 aliphatic carbocycles. The largest absolute Gasteiger partial charge is 0.494 e. The molecule has 2 aromatic carbocycles. The molecular formula is C20H24BrNO5S. The number of halogens is 1. The highest BCUT2D eigenvalue weighted by molar-refractivity contribution is 9.10. The summed E-state index contributed by atoms with van der Waals surface area (Å²) in [5.41, 5.74) is 1.42. The summed E-state index contributed by atoms with van der Waals surface area (Å²) in [6.45, 7) is 4.46. The number of hydrogen-bond donors (Lipinski definition) is 1. The number of hydrogen-bond acceptors (Lipinski definition) is 6. The number of carbonyl (C=O) groups is 1. The molecule has 6 nitrogen and oxygen atoms in total. The van der Waals surface area contributed by atoms with Gasteiger partial charge in [0.1, 0.15) is 11.6 Å². The first kappa shape index (κ1) is 22.2. The van der Waals surface area contributed by atoms with E-state index in [0.29, 0.717) is 22.5 Å². The van der Waals surface area contributed by atoms with Gasteiger partial charge in [-0.25, -0.2) is 13.2 Å². The van der Waals surface area contributed by atoms with Gasteiger partial charge in [-0.2, -0.15) is 0 Å². The molecule has 0 unspecified atom stereocenters. The Kier molecular flexibility index (Phi) is 7.88. The lowest BCUT2D eigenvalue weighted by Crippen LogP contribution is -2.18. The third-order valence-electron chi connectivity index (χ3n) is 4.09. The van der Waals surface area contributed by atoms with Gasteiger partial charge < -0.3 is 14.8 Å². The van der Waals surface area contributed by atoms with Crippen molar-refractivity contribution in [1.82, 2.24) is 0 Å². The van der Waals surface area contributed by atoms with E-state index in [9.17, 15) is 13.2 Å². The van der Waals surface area contributed by atoms with E-state index in [1.165, 1.54) is 19.2 Å². The minimum absolute atomic E-state index is 0.178. The van der Waals surface area contributed by atoms with Crippen molar-refractivity contribution in [2.75, 3.05) is 24.9 Å². The zero-order chi connectivity index (χ0) is 20.7. The van der Waals surface area contributed by atoms with Gasteiger partial charge in [-0.3, -0.25) is 0 Å². The molecule has 0 radical (unpaired) electrons. The second-order valence-corrected chi connectivity index (χ2v) is 9.15. The number of esters is 1. The van der Waals surface area contributed by atoms with E-state index in [4.69, 9.17) is 9.47 Å². The van der Waals surface area contributed by atoms with Crippen molar-refractivity contribution in [3.05, 3.63) is 52.0 Å². The van der Waals surface area contributed by atoms with Crippen LogP contribution in [0.4, 0.5) is 5.69 Å². The van der Waals surface area contributed by atoms with E-state index in [-0.39, 0.29) is 16.3 Å². The van der Waals surface area contributed by atoms with Crippen LogP contribution in [0.3, 0.4) is 0 Å². The van der Waals surface area contributed by atoms with E-state index in [1.807, 2.05) is 0 Å². The van der Waals surface area contributed by atoms with Gasteiger partial charge in [0.25, 0.3) is 0 Å². The van der Waals surface area contributed by atoms with Gasteiger partial charge in [-0.15, -0.1) is 0 Å². The molecule has 0 amide bonds. The molecule has 0 atom stereocenters. The Hall–Kier alpha value is -2.06. The molecule has 0 aliphatic rings. The molecule has 0 heterocycles. The van der Waals surface area contributed by atoms with E-state index in [1.54, 1.807) is 31.2 Å². The Labute approximate surface area is 174 Å². The Morgan fingerprint density at radius 1 is 1.18 bits per heavy atom. The van der Waals surface area contributed by atoms with Crippen LogP contribution in [0, 0.1) is 6.92 Å². The number of unbranched alkanes of at least 4 members (excludes halogenated alkanes) is 1. The van der Waals surface area contributed by atoms with Crippen LogP contribution in [0.25, 0.3) is 0 Å². The number of ether oxygens (including phenoxy) is 2. The van der Waals surface area contributed by atoms with Crippen molar-refractivity contribution in [2.45, 2.75) is 31.6 Å². The Bertz CT molecular complexity index is 926. The number of rotatable bonds is 9. The maximum absolute atomic E-state index is 12.7. The van der Waals surface area contributed by atoms with Crippen molar-refractivity contribution in [1.29, 1.82) is 0 Å². The molecule has 0 aromatic heterocycles. The van der Waals surface area contributed by atoms with E-state index < -0.39 is 15.8 Å². The smallest absolute Gasteiger partial charge is 0.340 e. The van der Waals surface area contributed by atoms with E-state index >= 15 is 0 Å². The van der Waals surface area contributed by atoms with Crippen molar-refractivity contribution in [2.24, 2.45) is 0 Å². The topological polar surface area (TPSA) is 81.7 Å². The second-order valence-electron chi connectivity index (χ2n) is 6.25. The highest BCUT2D eigenvalue weighted by Crippen LogP contribution is 2.27. The minimum atomic E-state index is -3.61. The van der Waals surface area contributed by atoms with Crippen molar-refractivity contribution >= 4 is 37.4 Å². The van der Waals surface area contributed by atoms with Crippen LogP contribution < -0.4 is 10.1 Å². The molecular weight excluding hydrogens is 446 g/mol. The van der Waals surface area contributed by atoms with E-state index in [0.717, 1.165) is 18.4 Å². The number of sulfone groups is 1. The van der Waals surface area contributed by atoms with Crippen LogP contribution in [0.1, 0.15) is 35.7 Å². The first-order valence-electron chi connectivity index (χ1n) is 8.86. The lowest BCUT2D eigenvalue weighted by atomic mass is 10.1. The number of anilines is 1. The fourth-order valence-electron chi connectivity index (χ4n) is 2.58. The van der Waals surface area contributed by atoms with Crippen LogP contribution >= 0.6 is 15.9 Å². The first-order valence-corrected chi connectivity index (χ1v) is 11.3. The Morgan fingerprint density at radius 2 is 1.86 bits per heavy atom. The summed E-state index contributed by atoms with van der Waals surface area (Å²) in [6.07, 6.45) is 1.97. The Morgan fingerprint density at radius 3 is 2.46 bits per heavy atom. The minimum Gasteiger partial charge on any atom is -0.494 e. The third-order valence-corrected chi connectivity index (χ3v) is 6.07. The first-order chi connectivity index (χ1) is 13.3. The maximum Gasteiger partial charge on any atom is 0.340 e. The monoisotopic (exact) mass is 469 g/mol. The molecule has 1 N–H and O–H groups in total. The van der Waals surface area contributed by atoms with Crippen molar-refractivity contribution < 1.29 is 22.7 Å². The highest BCUT2D eigenvalue weighted by atomic mass is 79.9. The second kappa shape index (κ2) is 9.93. The van der Waals surface area contributed by atoms with Gasteiger partial charge in [0.05, 0.1) is 29.9 Å². The average molecular weight is 470 g/mol. The summed E-state index contributed by atoms with van der Waals surface area (Å²) < 4.78 is 36.4. The molecule has 28 heavy (non-hydrogen) atoms. The van der Waals surface area contributed by atoms with Crippen LogP contribution in [0.15, 0.2) is 45.8 Å². The molecule has 8 heteroatoms.